The third-order valence-corrected chi connectivity index (χ3v) is 4.24. The van der Waals surface area contributed by atoms with Gasteiger partial charge >= 0.3 is 0 Å². The second kappa shape index (κ2) is 5.93. The molecule has 1 fully saturated rings. The van der Waals surface area contributed by atoms with Gasteiger partial charge in [-0.2, -0.15) is 0 Å². The van der Waals surface area contributed by atoms with E-state index in [0.29, 0.717) is 12.5 Å². The maximum absolute atomic E-state index is 13.7. The van der Waals surface area contributed by atoms with Gasteiger partial charge in [0, 0.05) is 10.4 Å². The molecule has 0 atom stereocenters. The SMILES string of the molecule is NCC1CCC(C(=O)c2cc(Br)ccc2F)CC1. The topological polar surface area (TPSA) is 43.1 Å². The zero-order valence-electron chi connectivity index (χ0n) is 10.2. The molecule has 1 aromatic carbocycles. The molecular weight excluding hydrogens is 297 g/mol. The van der Waals surface area contributed by atoms with Gasteiger partial charge in [0.1, 0.15) is 5.82 Å². The number of Topliss-reactive ketones (excluding diaryl/α,β-unsaturated/α-hetero) is 1. The molecule has 18 heavy (non-hydrogen) atoms. The van der Waals surface area contributed by atoms with E-state index in [1.54, 1.807) is 12.1 Å². The monoisotopic (exact) mass is 313 g/mol. The van der Waals surface area contributed by atoms with E-state index in [2.05, 4.69) is 15.9 Å². The highest BCUT2D eigenvalue weighted by Crippen LogP contribution is 2.31. The summed E-state index contributed by atoms with van der Waals surface area (Å²) < 4.78 is 14.4. The highest BCUT2D eigenvalue weighted by molar-refractivity contribution is 9.10. The van der Waals surface area contributed by atoms with Gasteiger partial charge in [0.15, 0.2) is 5.78 Å². The Morgan fingerprint density at radius 3 is 2.61 bits per heavy atom. The number of halogens is 2. The van der Waals surface area contributed by atoms with Crippen molar-refractivity contribution >= 4 is 21.7 Å². The normalized spacial score (nSPS) is 23.9. The first-order valence-electron chi connectivity index (χ1n) is 6.31. The van der Waals surface area contributed by atoms with Crippen molar-refractivity contribution in [1.29, 1.82) is 0 Å². The first-order chi connectivity index (χ1) is 8.61. The Bertz CT molecular complexity index is 441. The summed E-state index contributed by atoms with van der Waals surface area (Å²) in [5.74, 6) is -0.00794. The van der Waals surface area contributed by atoms with Crippen LogP contribution in [-0.2, 0) is 0 Å². The molecule has 0 radical (unpaired) electrons. The lowest BCUT2D eigenvalue weighted by molar-refractivity contribution is 0.0869. The van der Waals surface area contributed by atoms with E-state index in [1.807, 2.05) is 0 Å². The highest BCUT2D eigenvalue weighted by Gasteiger charge is 2.27. The lowest BCUT2D eigenvalue weighted by Gasteiger charge is -2.26. The molecule has 0 aliphatic heterocycles. The van der Waals surface area contributed by atoms with Crippen LogP contribution in [0.1, 0.15) is 36.0 Å². The van der Waals surface area contributed by atoms with Crippen molar-refractivity contribution in [3.8, 4) is 0 Å². The minimum absolute atomic E-state index is 0.0448. The molecule has 0 saturated heterocycles. The number of rotatable bonds is 3. The van der Waals surface area contributed by atoms with E-state index in [-0.39, 0.29) is 17.3 Å². The third kappa shape index (κ3) is 2.98. The minimum Gasteiger partial charge on any atom is -0.330 e. The number of carbonyl (C=O) groups is 1. The molecule has 2 N–H and O–H groups in total. The summed E-state index contributed by atoms with van der Waals surface area (Å²) in [4.78, 5) is 12.3. The van der Waals surface area contributed by atoms with E-state index >= 15 is 0 Å². The van der Waals surface area contributed by atoms with Crippen LogP contribution < -0.4 is 5.73 Å². The number of hydrogen-bond donors (Lipinski definition) is 1. The van der Waals surface area contributed by atoms with Crippen LogP contribution in [-0.4, -0.2) is 12.3 Å². The Hall–Kier alpha value is -0.740. The van der Waals surface area contributed by atoms with E-state index < -0.39 is 5.82 Å². The quantitative estimate of drug-likeness (QED) is 0.867. The van der Waals surface area contributed by atoms with Gasteiger partial charge < -0.3 is 5.73 Å². The van der Waals surface area contributed by atoms with Crippen molar-refractivity contribution in [3.05, 3.63) is 34.1 Å². The van der Waals surface area contributed by atoms with E-state index in [9.17, 15) is 9.18 Å². The van der Waals surface area contributed by atoms with Crippen molar-refractivity contribution in [2.24, 2.45) is 17.6 Å². The molecule has 2 nitrogen and oxygen atoms in total. The second-order valence-corrected chi connectivity index (χ2v) is 5.86. The molecule has 2 rings (SSSR count). The smallest absolute Gasteiger partial charge is 0.168 e. The van der Waals surface area contributed by atoms with E-state index in [4.69, 9.17) is 5.73 Å². The zero-order chi connectivity index (χ0) is 13.1. The van der Waals surface area contributed by atoms with Gasteiger partial charge in [0.25, 0.3) is 0 Å². The molecule has 0 unspecified atom stereocenters. The van der Waals surface area contributed by atoms with Crippen molar-refractivity contribution in [2.45, 2.75) is 25.7 Å². The first-order valence-corrected chi connectivity index (χ1v) is 7.10. The van der Waals surface area contributed by atoms with Gasteiger partial charge in [-0.15, -0.1) is 0 Å². The number of carbonyl (C=O) groups excluding carboxylic acids is 1. The van der Waals surface area contributed by atoms with Crippen LogP contribution in [0.15, 0.2) is 22.7 Å². The largest absolute Gasteiger partial charge is 0.330 e. The van der Waals surface area contributed by atoms with Crippen molar-refractivity contribution in [3.63, 3.8) is 0 Å². The third-order valence-electron chi connectivity index (χ3n) is 3.74. The van der Waals surface area contributed by atoms with Crippen molar-refractivity contribution < 1.29 is 9.18 Å². The Morgan fingerprint density at radius 1 is 1.33 bits per heavy atom. The number of hydrogen-bond acceptors (Lipinski definition) is 2. The van der Waals surface area contributed by atoms with E-state index in [0.717, 1.165) is 30.2 Å². The zero-order valence-corrected chi connectivity index (χ0v) is 11.7. The molecule has 0 bridgehead atoms. The molecule has 0 heterocycles. The molecule has 1 saturated carbocycles. The molecule has 1 aliphatic rings. The van der Waals surface area contributed by atoms with Crippen LogP contribution in [0.2, 0.25) is 0 Å². The van der Waals surface area contributed by atoms with Crippen LogP contribution in [0.3, 0.4) is 0 Å². The van der Waals surface area contributed by atoms with Gasteiger partial charge in [-0.05, 0) is 56.3 Å². The van der Waals surface area contributed by atoms with Gasteiger partial charge in [0.05, 0.1) is 5.56 Å². The standard InChI is InChI=1S/C14H17BrFNO/c15-11-5-6-13(16)12(7-11)14(18)10-3-1-9(8-17)2-4-10/h5-7,9-10H,1-4,8,17H2. The van der Waals surface area contributed by atoms with Crippen LogP contribution >= 0.6 is 15.9 Å². The fourth-order valence-corrected chi connectivity index (χ4v) is 2.93. The summed E-state index contributed by atoms with van der Waals surface area (Å²) >= 11 is 3.27. The Balaban J connectivity index is 2.10. The summed E-state index contributed by atoms with van der Waals surface area (Å²) in [6.45, 7) is 0.687. The minimum atomic E-state index is -0.427. The highest BCUT2D eigenvalue weighted by atomic mass is 79.9. The average molecular weight is 314 g/mol. The van der Waals surface area contributed by atoms with Crippen LogP contribution in [0.25, 0.3) is 0 Å². The van der Waals surface area contributed by atoms with Crippen LogP contribution in [0.4, 0.5) is 4.39 Å². The maximum Gasteiger partial charge on any atom is 0.168 e. The lowest BCUT2D eigenvalue weighted by Crippen LogP contribution is -2.26. The Kier molecular flexibility index (Phi) is 4.51. The fourth-order valence-electron chi connectivity index (χ4n) is 2.57. The summed E-state index contributed by atoms with van der Waals surface area (Å²) in [7, 11) is 0. The molecule has 0 amide bonds. The molecule has 1 aromatic rings. The summed E-state index contributed by atoms with van der Waals surface area (Å²) in [6, 6.07) is 4.52. The summed E-state index contributed by atoms with van der Waals surface area (Å²) in [6.07, 6.45) is 3.60. The van der Waals surface area contributed by atoms with Gasteiger partial charge in [-0.1, -0.05) is 15.9 Å². The Morgan fingerprint density at radius 2 is 2.00 bits per heavy atom. The number of nitrogens with two attached hydrogens (primary N) is 1. The predicted octanol–water partition coefficient (Wildman–Crippen LogP) is 3.54. The Labute approximate surface area is 115 Å². The van der Waals surface area contributed by atoms with Crippen molar-refractivity contribution in [1.82, 2.24) is 0 Å². The number of benzene rings is 1. The van der Waals surface area contributed by atoms with Crippen molar-refractivity contribution in [2.75, 3.05) is 6.54 Å². The lowest BCUT2D eigenvalue weighted by atomic mass is 9.78. The molecule has 98 valence electrons. The van der Waals surface area contributed by atoms with Gasteiger partial charge in [-0.25, -0.2) is 4.39 Å². The van der Waals surface area contributed by atoms with Crippen LogP contribution in [0.5, 0.6) is 0 Å². The molecule has 1 aliphatic carbocycles. The van der Waals surface area contributed by atoms with Gasteiger partial charge in [0.2, 0.25) is 0 Å². The van der Waals surface area contributed by atoms with Gasteiger partial charge in [-0.3, -0.25) is 4.79 Å². The summed E-state index contributed by atoms with van der Waals surface area (Å²) in [5.41, 5.74) is 5.84. The molecule has 0 spiro atoms. The van der Waals surface area contributed by atoms with E-state index in [1.165, 1.54) is 6.07 Å². The fraction of sp³-hybridized carbons (Fsp3) is 0.500. The molecular formula is C14H17BrFNO. The molecule has 0 aromatic heterocycles. The predicted molar refractivity (Wildman–Crippen MR) is 72.9 cm³/mol. The summed E-state index contributed by atoms with van der Waals surface area (Å²) in [5, 5.41) is 0. The first kappa shape index (κ1) is 13.7. The average Bonchev–Trinajstić information content (AvgIpc) is 2.41. The maximum atomic E-state index is 13.7. The number of ketones is 1. The second-order valence-electron chi connectivity index (χ2n) is 4.94. The molecule has 4 heteroatoms. The van der Waals surface area contributed by atoms with Crippen LogP contribution in [0, 0.1) is 17.7 Å².